The monoisotopic (exact) mass is 1230 g/mol. The molecule has 401 valence electrons. The van der Waals surface area contributed by atoms with Crippen LogP contribution in [-0.2, 0) is 33.6 Å². The number of aromatic hydroxyl groups is 1. The quantitative estimate of drug-likeness (QED) is 0.0779. The number of ether oxygens (including phenoxy) is 1. The van der Waals surface area contributed by atoms with E-state index in [0.29, 0.717) is 37.7 Å². The second-order valence-corrected chi connectivity index (χ2v) is 21.6. The summed E-state index contributed by atoms with van der Waals surface area (Å²) in [7, 11) is 0. The van der Waals surface area contributed by atoms with Gasteiger partial charge in [-0.1, -0.05) is 117 Å². The summed E-state index contributed by atoms with van der Waals surface area (Å²) >= 11 is 0. The number of esters is 1. The summed E-state index contributed by atoms with van der Waals surface area (Å²) in [5.41, 5.74) is 21.2. The smallest absolute Gasteiger partial charge is 0.309 e. The molecule has 0 saturated carbocycles. The van der Waals surface area contributed by atoms with Crippen LogP contribution < -0.4 is 0 Å². The number of carbonyl (C=O) groups is 2. The molecule has 1 heterocycles. The summed E-state index contributed by atoms with van der Waals surface area (Å²) in [4.78, 5) is 24.0. The number of hydrogen-bond donors (Lipinski definition) is 3. The number of benzene rings is 6. The average molecular weight is 1230 g/mol. The van der Waals surface area contributed by atoms with Crippen molar-refractivity contribution < 1.29 is 79.2 Å². The first kappa shape index (κ1) is 64.7. The molecule has 5 N–H and O–H groups in total. The Bertz CT molecular complexity index is 2790. The number of phenolic OH excluding ortho intramolecular Hbond substituents is 1. The van der Waals surface area contributed by atoms with Crippen molar-refractivity contribution in [1.82, 2.24) is 0 Å². The van der Waals surface area contributed by atoms with Crippen molar-refractivity contribution >= 4 is 11.9 Å². The molecule has 75 heavy (non-hydrogen) atoms. The number of carbonyl (C=O) groups excluding carboxylic acids is 1. The average Bonchev–Trinajstić information content (AvgIpc) is 3.36. The van der Waals surface area contributed by atoms with E-state index in [2.05, 4.69) is 174 Å². The van der Waals surface area contributed by atoms with Crippen LogP contribution in [0.2, 0.25) is 0 Å². The van der Waals surface area contributed by atoms with Crippen molar-refractivity contribution in [2.45, 2.75) is 159 Å². The molecule has 0 spiro atoms. The molecular weight excluding hydrogens is 1140 g/mol. The second-order valence-electron chi connectivity index (χ2n) is 21.6. The van der Waals surface area contributed by atoms with Gasteiger partial charge in [-0.3, -0.25) is 9.59 Å². The number of phenols is 1. The van der Waals surface area contributed by atoms with Crippen LogP contribution in [0.25, 0.3) is 0 Å². The number of rotatable bonds is 17. The SMILES string of the molecule is CCC(C[C@@H](Cc1ccc(C)c(C)c1)C(=O)O)c1ccc(C)c(C)c1.CCC(C[C@H](CO)Cc1ccc(C)c(C)c1)c1ccc(C)c(C)c1.Cc1ccc(C2COC(=O)[C@H](Cc3ccc(O)c(C)c3)C2)cc1C.O.[Ac]. The fraction of sp³-hybridized carbons (Fsp3) is 0.433. The zero-order valence-electron chi connectivity index (χ0n) is 47.6. The molecule has 7 rings (SSSR count). The van der Waals surface area contributed by atoms with Crippen LogP contribution in [0.1, 0.15) is 158 Å². The summed E-state index contributed by atoms with van der Waals surface area (Å²) in [6, 6.07) is 38.3. The Balaban J connectivity index is 0.000000293. The number of aryl methyl sites for hydroxylation is 11. The molecule has 7 nitrogen and oxygen atoms in total. The van der Waals surface area contributed by atoms with E-state index in [-0.39, 0.29) is 91.5 Å². The van der Waals surface area contributed by atoms with Crippen molar-refractivity contribution in [3.8, 4) is 5.75 Å². The number of carboxylic acids is 1. The molecule has 0 amide bonds. The van der Waals surface area contributed by atoms with E-state index in [0.717, 1.165) is 48.8 Å². The molecule has 6 aromatic carbocycles. The Morgan fingerprint density at radius 2 is 1.00 bits per heavy atom. The number of carboxylic acid groups (broad SMARTS) is 1. The summed E-state index contributed by atoms with van der Waals surface area (Å²) < 4.78 is 5.47. The Labute approximate surface area is 486 Å². The van der Waals surface area contributed by atoms with Gasteiger partial charge in [-0.05, 0) is 246 Å². The topological polar surface area (TPSA) is 136 Å². The molecule has 8 heteroatoms. The van der Waals surface area contributed by atoms with Crippen molar-refractivity contribution in [1.29, 1.82) is 0 Å². The fourth-order valence-electron chi connectivity index (χ4n) is 10.2. The van der Waals surface area contributed by atoms with Gasteiger partial charge in [0.2, 0.25) is 0 Å². The number of aliphatic hydroxyl groups is 1. The van der Waals surface area contributed by atoms with Crippen molar-refractivity contribution in [3.05, 3.63) is 204 Å². The zero-order chi connectivity index (χ0) is 53.5. The van der Waals surface area contributed by atoms with Gasteiger partial charge >= 0.3 is 11.9 Å². The molecule has 1 aliphatic rings. The van der Waals surface area contributed by atoms with Gasteiger partial charge in [0.15, 0.2) is 0 Å². The summed E-state index contributed by atoms with van der Waals surface area (Å²) in [6.07, 6.45) is 6.81. The van der Waals surface area contributed by atoms with Gasteiger partial charge in [0.05, 0.1) is 18.4 Å². The van der Waals surface area contributed by atoms with Crippen LogP contribution in [0, 0.1) is 138 Å². The molecule has 6 aromatic rings. The standard InChI is InChI=1S/C23H30O2.C23H32O.C21H24O3.Ac.H2O/c1-6-20(21-10-8-16(3)18(5)12-21)14-22(23(24)25)13-19-9-7-15(2)17(4)11-19;1-6-22(23-10-8-17(3)19(5)12-23)14-21(15-24)13-20-9-7-16(2)18(4)11-20;1-13-4-6-17(9-14(13)2)19-11-18(21(23)24-12-19)10-16-5-7-20(22)15(3)8-16;;/h7-12,20,22H,6,13-14H2,1-5H3,(H,24,25);7-12,21-22,24H,6,13-15H2,1-5H3;4-9,18-19,22H,10-12H2,1-3H3;;1H2/t20?,22-;21-,22?;18-,19?;;/m111../s1. The third-order valence-corrected chi connectivity index (χ3v) is 16.0. The van der Waals surface area contributed by atoms with Crippen LogP contribution in [0.3, 0.4) is 0 Å². The minimum Gasteiger partial charge on any atom is -0.508 e. The van der Waals surface area contributed by atoms with Crippen LogP contribution in [0.5, 0.6) is 5.75 Å². The number of hydrogen-bond acceptors (Lipinski definition) is 5. The van der Waals surface area contributed by atoms with Crippen molar-refractivity contribution in [2.75, 3.05) is 13.2 Å². The fourth-order valence-corrected chi connectivity index (χ4v) is 10.2. The summed E-state index contributed by atoms with van der Waals surface area (Å²) in [5.74, 6) is 0.381. The van der Waals surface area contributed by atoms with E-state index in [1.54, 1.807) is 6.07 Å². The van der Waals surface area contributed by atoms with Gasteiger partial charge in [0.1, 0.15) is 5.75 Å². The van der Waals surface area contributed by atoms with Gasteiger partial charge in [-0.15, -0.1) is 0 Å². The maximum Gasteiger partial charge on any atom is 0.309 e. The van der Waals surface area contributed by atoms with E-state index >= 15 is 0 Å². The van der Waals surface area contributed by atoms with Gasteiger partial charge in [-0.2, -0.15) is 0 Å². The largest absolute Gasteiger partial charge is 0.508 e. The first-order valence-corrected chi connectivity index (χ1v) is 26.8. The molecule has 1 aliphatic heterocycles. The maximum absolute atomic E-state index is 12.2. The van der Waals surface area contributed by atoms with Crippen LogP contribution in [-0.4, -0.2) is 45.9 Å². The minimum absolute atomic E-state index is 0. The first-order valence-electron chi connectivity index (χ1n) is 26.8. The Morgan fingerprint density at radius 3 is 1.45 bits per heavy atom. The summed E-state index contributed by atoms with van der Waals surface area (Å²) in [6.45, 7) is 28.3. The molecule has 0 aliphatic carbocycles. The number of aliphatic carboxylic acids is 1. The van der Waals surface area contributed by atoms with Gasteiger partial charge in [-0.25, -0.2) is 0 Å². The zero-order valence-corrected chi connectivity index (χ0v) is 52.3. The third kappa shape index (κ3) is 19.1. The van der Waals surface area contributed by atoms with E-state index < -0.39 is 5.97 Å². The molecular formula is C67H88AcO7. The molecule has 1 radical (unpaired) electrons. The normalized spacial score (nSPS) is 15.5. The first-order chi connectivity index (χ1) is 34.7. The van der Waals surface area contributed by atoms with Gasteiger partial charge < -0.3 is 25.5 Å². The molecule has 0 aromatic heterocycles. The van der Waals surface area contributed by atoms with Crippen molar-refractivity contribution in [2.24, 2.45) is 17.8 Å². The second kappa shape index (κ2) is 31.0. The number of cyclic esters (lactones) is 1. The van der Waals surface area contributed by atoms with E-state index in [1.807, 2.05) is 19.1 Å². The van der Waals surface area contributed by atoms with Crippen LogP contribution >= 0.6 is 0 Å². The minimum atomic E-state index is -0.694. The van der Waals surface area contributed by atoms with E-state index in [9.17, 15) is 24.9 Å². The van der Waals surface area contributed by atoms with Crippen LogP contribution in [0.4, 0.5) is 0 Å². The predicted molar refractivity (Wildman–Crippen MR) is 306 cm³/mol. The van der Waals surface area contributed by atoms with E-state index in [4.69, 9.17) is 4.74 Å². The van der Waals surface area contributed by atoms with Crippen molar-refractivity contribution in [3.63, 3.8) is 0 Å². The Morgan fingerprint density at radius 1 is 0.560 bits per heavy atom. The Kier molecular flexibility index (Phi) is 26.7. The van der Waals surface area contributed by atoms with Gasteiger partial charge in [0, 0.05) is 56.6 Å². The molecule has 3 unspecified atom stereocenters. The summed E-state index contributed by atoms with van der Waals surface area (Å²) in [5, 5.41) is 29.3. The molecule has 0 bridgehead atoms. The molecule has 6 atom stereocenters. The maximum atomic E-state index is 12.2. The van der Waals surface area contributed by atoms with Crippen LogP contribution in [0.15, 0.2) is 109 Å². The number of aliphatic hydroxyl groups excluding tert-OH is 1. The van der Waals surface area contributed by atoms with Gasteiger partial charge in [0.25, 0.3) is 0 Å². The Hall–Kier alpha value is -4.58. The molecule has 1 saturated heterocycles. The van der Waals surface area contributed by atoms with E-state index in [1.165, 1.54) is 77.9 Å². The predicted octanol–water partition coefficient (Wildman–Crippen LogP) is 14.8. The molecule has 1 fully saturated rings. The third-order valence-electron chi connectivity index (χ3n) is 16.0.